The largest absolute Gasteiger partial charge is 0.388 e. The molecule has 0 aromatic heterocycles. The maximum Gasteiger partial charge on any atom is 0.263 e. The first-order chi connectivity index (χ1) is 10.1. The van der Waals surface area contributed by atoms with Crippen LogP contribution in [0.5, 0.6) is 0 Å². The lowest BCUT2D eigenvalue weighted by Crippen LogP contribution is -2.03. The third-order valence-electron chi connectivity index (χ3n) is 4.14. The Bertz CT molecular complexity index is 637. The zero-order chi connectivity index (χ0) is 14.8. The van der Waals surface area contributed by atoms with Crippen molar-refractivity contribution in [2.75, 3.05) is 0 Å². The average molecular weight is 288 g/mol. The molecule has 0 saturated carbocycles. The molecule has 110 valence electrons. The SMILES string of the molecule is OC(Cc1ccc2c(c1)CCC2)c1cccc(C(F)F)c1. The maximum absolute atomic E-state index is 12.7. The zero-order valence-corrected chi connectivity index (χ0v) is 11.7. The van der Waals surface area contributed by atoms with E-state index in [2.05, 4.69) is 12.1 Å². The van der Waals surface area contributed by atoms with Gasteiger partial charge in [-0.15, -0.1) is 0 Å². The molecule has 0 heterocycles. The molecule has 2 aromatic rings. The van der Waals surface area contributed by atoms with E-state index >= 15 is 0 Å². The molecule has 0 bridgehead atoms. The normalized spacial score (nSPS) is 15.2. The Labute approximate surface area is 123 Å². The third kappa shape index (κ3) is 3.13. The number of hydrogen-bond acceptors (Lipinski definition) is 1. The number of halogens is 2. The molecule has 1 nitrogen and oxygen atoms in total. The average Bonchev–Trinajstić information content (AvgIpc) is 2.95. The van der Waals surface area contributed by atoms with Gasteiger partial charge >= 0.3 is 0 Å². The number of alkyl halides is 2. The van der Waals surface area contributed by atoms with E-state index in [0.717, 1.165) is 18.4 Å². The van der Waals surface area contributed by atoms with Crippen LogP contribution in [-0.2, 0) is 19.3 Å². The van der Waals surface area contributed by atoms with Crippen LogP contribution in [0.25, 0.3) is 0 Å². The summed E-state index contributed by atoms with van der Waals surface area (Å²) in [6, 6.07) is 12.3. The number of fused-ring (bicyclic) bond motifs is 1. The monoisotopic (exact) mass is 288 g/mol. The van der Waals surface area contributed by atoms with Gasteiger partial charge < -0.3 is 5.11 Å². The van der Waals surface area contributed by atoms with Crippen LogP contribution in [0.15, 0.2) is 42.5 Å². The fourth-order valence-electron chi connectivity index (χ4n) is 3.00. The summed E-state index contributed by atoms with van der Waals surface area (Å²) in [5, 5.41) is 10.3. The van der Waals surface area contributed by atoms with E-state index in [1.165, 1.54) is 29.7 Å². The molecule has 1 unspecified atom stereocenters. The van der Waals surface area contributed by atoms with Crippen LogP contribution in [0.4, 0.5) is 8.78 Å². The number of hydrogen-bond donors (Lipinski definition) is 1. The van der Waals surface area contributed by atoms with E-state index in [9.17, 15) is 13.9 Å². The van der Waals surface area contributed by atoms with Gasteiger partial charge in [0.25, 0.3) is 6.43 Å². The Morgan fingerprint density at radius 3 is 2.52 bits per heavy atom. The van der Waals surface area contributed by atoms with E-state index in [4.69, 9.17) is 0 Å². The van der Waals surface area contributed by atoms with Crippen molar-refractivity contribution in [3.8, 4) is 0 Å². The van der Waals surface area contributed by atoms with Gasteiger partial charge in [0.2, 0.25) is 0 Å². The van der Waals surface area contributed by atoms with Gasteiger partial charge in [-0.05, 0) is 47.6 Å². The van der Waals surface area contributed by atoms with Crippen molar-refractivity contribution in [2.24, 2.45) is 0 Å². The second-order valence-corrected chi connectivity index (χ2v) is 5.65. The highest BCUT2D eigenvalue weighted by Gasteiger charge is 2.15. The van der Waals surface area contributed by atoms with Gasteiger partial charge in [0.15, 0.2) is 0 Å². The molecule has 0 saturated heterocycles. The Hall–Kier alpha value is -1.74. The summed E-state index contributed by atoms with van der Waals surface area (Å²) in [5.74, 6) is 0. The highest BCUT2D eigenvalue weighted by atomic mass is 19.3. The first kappa shape index (κ1) is 14.2. The van der Waals surface area contributed by atoms with Crippen molar-refractivity contribution in [3.05, 3.63) is 70.3 Å². The second-order valence-electron chi connectivity index (χ2n) is 5.65. The molecule has 0 amide bonds. The van der Waals surface area contributed by atoms with Crippen molar-refractivity contribution >= 4 is 0 Å². The molecule has 0 aliphatic heterocycles. The van der Waals surface area contributed by atoms with Gasteiger partial charge in [0, 0.05) is 12.0 Å². The lowest BCUT2D eigenvalue weighted by atomic mass is 9.97. The van der Waals surface area contributed by atoms with Gasteiger partial charge in [-0.1, -0.05) is 36.4 Å². The Morgan fingerprint density at radius 1 is 0.952 bits per heavy atom. The molecule has 3 heteroatoms. The van der Waals surface area contributed by atoms with Crippen molar-refractivity contribution in [1.82, 2.24) is 0 Å². The molecule has 0 radical (unpaired) electrons. The predicted molar refractivity (Wildman–Crippen MR) is 78.5 cm³/mol. The number of aliphatic hydroxyl groups excluding tert-OH is 1. The predicted octanol–water partition coefficient (Wildman–Crippen LogP) is 4.39. The van der Waals surface area contributed by atoms with Gasteiger partial charge in [0.1, 0.15) is 0 Å². The molecule has 1 N–H and O–H groups in total. The van der Waals surface area contributed by atoms with Crippen LogP contribution >= 0.6 is 0 Å². The Kier molecular flexibility index (Phi) is 4.02. The second kappa shape index (κ2) is 5.94. The summed E-state index contributed by atoms with van der Waals surface area (Å²) in [7, 11) is 0. The Balaban J connectivity index is 1.77. The fourth-order valence-corrected chi connectivity index (χ4v) is 3.00. The van der Waals surface area contributed by atoms with Crippen LogP contribution in [0.3, 0.4) is 0 Å². The van der Waals surface area contributed by atoms with Crippen molar-refractivity contribution < 1.29 is 13.9 Å². The number of benzene rings is 2. The van der Waals surface area contributed by atoms with Crippen LogP contribution in [-0.4, -0.2) is 5.11 Å². The van der Waals surface area contributed by atoms with Gasteiger partial charge in [-0.3, -0.25) is 0 Å². The summed E-state index contributed by atoms with van der Waals surface area (Å²) in [6.07, 6.45) is 0.632. The highest BCUT2D eigenvalue weighted by molar-refractivity contribution is 5.36. The lowest BCUT2D eigenvalue weighted by Gasteiger charge is -2.13. The van der Waals surface area contributed by atoms with Crippen LogP contribution in [0, 0.1) is 0 Å². The summed E-state index contributed by atoms with van der Waals surface area (Å²) in [6.45, 7) is 0. The molecule has 1 aliphatic rings. The first-order valence-corrected chi connectivity index (χ1v) is 7.30. The summed E-state index contributed by atoms with van der Waals surface area (Å²) < 4.78 is 25.4. The highest BCUT2D eigenvalue weighted by Crippen LogP contribution is 2.27. The van der Waals surface area contributed by atoms with E-state index in [-0.39, 0.29) is 5.56 Å². The van der Waals surface area contributed by atoms with E-state index < -0.39 is 12.5 Å². The van der Waals surface area contributed by atoms with Crippen molar-refractivity contribution in [2.45, 2.75) is 38.2 Å². The number of aryl methyl sites for hydroxylation is 2. The summed E-state index contributed by atoms with van der Waals surface area (Å²) >= 11 is 0. The molecule has 21 heavy (non-hydrogen) atoms. The van der Waals surface area contributed by atoms with Crippen LogP contribution in [0.2, 0.25) is 0 Å². The summed E-state index contributed by atoms with van der Waals surface area (Å²) in [5.41, 5.74) is 4.33. The lowest BCUT2D eigenvalue weighted by molar-refractivity contribution is 0.149. The molecule has 2 aromatic carbocycles. The quantitative estimate of drug-likeness (QED) is 0.884. The number of rotatable bonds is 4. The summed E-state index contributed by atoms with van der Waals surface area (Å²) in [4.78, 5) is 0. The number of aliphatic hydroxyl groups is 1. The third-order valence-corrected chi connectivity index (χ3v) is 4.14. The minimum atomic E-state index is -2.50. The Morgan fingerprint density at radius 2 is 1.71 bits per heavy atom. The fraction of sp³-hybridized carbons (Fsp3) is 0.333. The first-order valence-electron chi connectivity index (χ1n) is 7.30. The topological polar surface area (TPSA) is 20.2 Å². The molecule has 0 fully saturated rings. The van der Waals surface area contributed by atoms with Crippen molar-refractivity contribution in [3.63, 3.8) is 0 Å². The van der Waals surface area contributed by atoms with Crippen molar-refractivity contribution in [1.29, 1.82) is 0 Å². The van der Waals surface area contributed by atoms with Gasteiger partial charge in [0.05, 0.1) is 6.10 Å². The molecule has 0 spiro atoms. The molecule has 1 aliphatic carbocycles. The minimum absolute atomic E-state index is 0.0412. The maximum atomic E-state index is 12.7. The smallest absolute Gasteiger partial charge is 0.263 e. The van der Waals surface area contributed by atoms with Gasteiger partial charge in [-0.25, -0.2) is 8.78 Å². The van der Waals surface area contributed by atoms with E-state index in [1.54, 1.807) is 12.1 Å². The van der Waals surface area contributed by atoms with Gasteiger partial charge in [-0.2, -0.15) is 0 Å². The zero-order valence-electron chi connectivity index (χ0n) is 11.7. The molecule has 3 rings (SSSR count). The van der Waals surface area contributed by atoms with Crippen LogP contribution < -0.4 is 0 Å². The molecular weight excluding hydrogens is 270 g/mol. The van der Waals surface area contributed by atoms with E-state index in [1.807, 2.05) is 6.07 Å². The molecular formula is C18H18F2O. The standard InChI is InChI=1S/C18H18F2O/c19-18(20)16-6-2-5-15(11-16)17(21)10-12-7-8-13-3-1-4-14(13)9-12/h2,5-9,11,17-18,21H,1,3-4,10H2. The van der Waals surface area contributed by atoms with Crippen LogP contribution in [0.1, 0.15) is 46.8 Å². The molecule has 1 atom stereocenters. The minimum Gasteiger partial charge on any atom is -0.388 e. The van der Waals surface area contributed by atoms with E-state index in [0.29, 0.717) is 12.0 Å².